The Morgan fingerprint density at radius 1 is 0.700 bits per heavy atom. The lowest BCUT2D eigenvalue weighted by atomic mass is 9.88. The van der Waals surface area contributed by atoms with E-state index in [1.54, 1.807) is 16.8 Å². The topological polar surface area (TPSA) is 33.5 Å². The molecule has 4 aromatic carbocycles. The van der Waals surface area contributed by atoms with Gasteiger partial charge in [-0.3, -0.25) is 4.57 Å². The SMILES string of the molecule is CN1ON(c2cccc(Sc3ccc4c5ccccc5n(-c5cc(C(C)(C)C)ccn5)c4c3)c2)c2ccccc21. The number of hydrogen-bond acceptors (Lipinski definition) is 5. The molecule has 7 rings (SSSR count). The summed E-state index contributed by atoms with van der Waals surface area (Å²) in [5.74, 6) is 0.941. The molecular weight excluding hydrogens is 512 g/mol. The molecule has 0 unspecified atom stereocenters. The van der Waals surface area contributed by atoms with Crippen LogP contribution < -0.4 is 10.1 Å². The third kappa shape index (κ3) is 4.21. The molecule has 1 aliphatic heterocycles. The van der Waals surface area contributed by atoms with Crippen molar-refractivity contribution in [1.82, 2.24) is 9.55 Å². The maximum absolute atomic E-state index is 6.06. The van der Waals surface area contributed by atoms with Gasteiger partial charge in [0.25, 0.3) is 0 Å². The van der Waals surface area contributed by atoms with Crippen molar-refractivity contribution in [3.63, 3.8) is 0 Å². The van der Waals surface area contributed by atoms with Gasteiger partial charge in [0.05, 0.1) is 28.1 Å². The van der Waals surface area contributed by atoms with Crippen LogP contribution in [0.5, 0.6) is 0 Å². The fraction of sp³-hybridized carbons (Fsp3) is 0.147. The fourth-order valence-corrected chi connectivity index (χ4v) is 6.28. The summed E-state index contributed by atoms with van der Waals surface area (Å²) in [4.78, 5) is 13.2. The second-order valence-corrected chi connectivity index (χ2v) is 12.3. The van der Waals surface area contributed by atoms with Gasteiger partial charge in [-0.15, -0.1) is 4.94 Å². The van der Waals surface area contributed by atoms with Gasteiger partial charge in [-0.2, -0.15) is 5.06 Å². The van der Waals surface area contributed by atoms with Crippen molar-refractivity contribution >= 4 is 50.6 Å². The van der Waals surface area contributed by atoms with Gasteiger partial charge in [0, 0.05) is 33.8 Å². The Morgan fingerprint density at radius 2 is 1.45 bits per heavy atom. The Labute approximate surface area is 238 Å². The number of anilines is 3. The maximum Gasteiger partial charge on any atom is 0.137 e. The molecule has 0 radical (unpaired) electrons. The van der Waals surface area contributed by atoms with Gasteiger partial charge in [0.2, 0.25) is 0 Å². The molecule has 40 heavy (non-hydrogen) atoms. The molecule has 198 valence electrons. The predicted octanol–water partition coefficient (Wildman–Crippen LogP) is 9.06. The molecule has 0 aliphatic carbocycles. The zero-order valence-corrected chi connectivity index (χ0v) is 23.8. The first-order chi connectivity index (χ1) is 19.4. The van der Waals surface area contributed by atoms with Crippen LogP contribution in [0.2, 0.25) is 0 Å². The standard InChI is InChI=1S/C34H30N4OS/c1-34(2,3)23-18-19-35-33(20-23)37-29-13-6-5-12-27(29)28-17-16-26(22-32(28)37)40-25-11-9-10-24(21-25)38-31-15-8-7-14-30(31)36(4)39-38/h5-22H,1-4H3. The second kappa shape index (κ2) is 9.44. The van der Waals surface area contributed by atoms with E-state index in [0.29, 0.717) is 0 Å². The number of pyridine rings is 1. The van der Waals surface area contributed by atoms with Crippen LogP contribution >= 0.6 is 11.8 Å². The van der Waals surface area contributed by atoms with E-state index in [9.17, 15) is 0 Å². The Kier molecular flexibility index (Phi) is 5.84. The molecule has 0 fully saturated rings. The summed E-state index contributed by atoms with van der Waals surface area (Å²) in [6, 6.07) is 36.3. The van der Waals surface area contributed by atoms with Gasteiger partial charge < -0.3 is 0 Å². The first kappa shape index (κ1) is 24.8. The first-order valence-electron chi connectivity index (χ1n) is 13.5. The van der Waals surface area contributed by atoms with Crippen LogP contribution in [-0.2, 0) is 10.4 Å². The maximum atomic E-state index is 6.06. The number of hydrogen-bond donors (Lipinski definition) is 0. The van der Waals surface area contributed by atoms with Gasteiger partial charge in [0.1, 0.15) is 5.82 Å². The minimum Gasteiger partial charge on any atom is -0.294 e. The van der Waals surface area contributed by atoms with Crippen LogP contribution in [0.1, 0.15) is 26.3 Å². The minimum atomic E-state index is 0.0385. The van der Waals surface area contributed by atoms with Crippen molar-refractivity contribution in [1.29, 1.82) is 0 Å². The molecule has 0 bridgehead atoms. The molecule has 0 atom stereocenters. The summed E-state index contributed by atoms with van der Waals surface area (Å²) in [7, 11) is 1.93. The van der Waals surface area contributed by atoms with Gasteiger partial charge >= 0.3 is 0 Å². The average Bonchev–Trinajstić information content (AvgIpc) is 3.47. The second-order valence-electron chi connectivity index (χ2n) is 11.1. The molecule has 0 N–H and O–H groups in total. The van der Waals surface area contributed by atoms with Crippen LogP contribution in [0, 0.1) is 0 Å². The third-order valence-corrected chi connectivity index (χ3v) is 8.40. The molecule has 0 spiro atoms. The van der Waals surface area contributed by atoms with E-state index >= 15 is 0 Å². The van der Waals surface area contributed by atoms with E-state index < -0.39 is 0 Å². The minimum absolute atomic E-state index is 0.0385. The Bertz CT molecular complexity index is 1890. The van der Waals surface area contributed by atoms with Crippen molar-refractivity contribution in [2.75, 3.05) is 17.2 Å². The van der Waals surface area contributed by atoms with Gasteiger partial charge in [-0.05, 0) is 71.6 Å². The highest BCUT2D eigenvalue weighted by atomic mass is 32.2. The van der Waals surface area contributed by atoms with Crippen LogP contribution in [0.4, 0.5) is 17.1 Å². The van der Waals surface area contributed by atoms with Crippen molar-refractivity contribution in [3.05, 3.63) is 115 Å². The van der Waals surface area contributed by atoms with Gasteiger partial charge in [0.15, 0.2) is 0 Å². The fourth-order valence-electron chi connectivity index (χ4n) is 5.38. The number of benzene rings is 4. The summed E-state index contributed by atoms with van der Waals surface area (Å²) >= 11 is 1.75. The number of nitrogens with zero attached hydrogens (tertiary/aromatic N) is 4. The van der Waals surface area contributed by atoms with Crippen molar-refractivity contribution in [2.24, 2.45) is 0 Å². The molecule has 5 nitrogen and oxygen atoms in total. The monoisotopic (exact) mass is 542 g/mol. The lowest BCUT2D eigenvalue weighted by Gasteiger charge is -2.20. The number of para-hydroxylation sites is 3. The molecule has 3 heterocycles. The van der Waals surface area contributed by atoms with E-state index in [0.717, 1.165) is 38.8 Å². The normalized spacial score (nSPS) is 13.4. The lowest BCUT2D eigenvalue weighted by Crippen LogP contribution is -2.20. The van der Waals surface area contributed by atoms with Crippen LogP contribution in [-0.4, -0.2) is 16.6 Å². The van der Waals surface area contributed by atoms with Crippen molar-refractivity contribution < 1.29 is 4.94 Å². The van der Waals surface area contributed by atoms with Crippen molar-refractivity contribution in [3.8, 4) is 5.82 Å². The summed E-state index contributed by atoms with van der Waals surface area (Å²) in [5.41, 5.74) is 6.68. The average molecular weight is 543 g/mol. The van der Waals surface area contributed by atoms with E-state index in [-0.39, 0.29) is 5.41 Å². The Morgan fingerprint density at radius 3 is 2.30 bits per heavy atom. The molecule has 0 amide bonds. The highest BCUT2D eigenvalue weighted by Gasteiger charge is 2.26. The summed E-state index contributed by atoms with van der Waals surface area (Å²) < 4.78 is 2.30. The molecule has 1 aliphatic rings. The molecular formula is C34H30N4OS. The molecule has 0 saturated carbocycles. The third-order valence-electron chi connectivity index (χ3n) is 7.42. The first-order valence-corrected chi connectivity index (χ1v) is 14.3. The zero-order valence-electron chi connectivity index (χ0n) is 23.0. The predicted molar refractivity (Wildman–Crippen MR) is 166 cm³/mol. The number of aromatic nitrogens is 2. The number of hydroxylamine groups is 1. The molecule has 2 aromatic heterocycles. The molecule has 6 heteroatoms. The van der Waals surface area contributed by atoms with Crippen LogP contribution in [0.3, 0.4) is 0 Å². The highest BCUT2D eigenvalue weighted by molar-refractivity contribution is 7.99. The summed E-state index contributed by atoms with van der Waals surface area (Å²) in [6.45, 7) is 6.72. The largest absolute Gasteiger partial charge is 0.294 e. The van der Waals surface area contributed by atoms with E-state index in [2.05, 4.69) is 116 Å². The smallest absolute Gasteiger partial charge is 0.137 e. The molecule has 6 aromatic rings. The zero-order chi connectivity index (χ0) is 27.4. The summed E-state index contributed by atoms with van der Waals surface area (Å²) in [6.07, 6.45) is 1.93. The van der Waals surface area contributed by atoms with Crippen LogP contribution in [0.15, 0.2) is 119 Å². The number of rotatable bonds is 4. The van der Waals surface area contributed by atoms with Crippen LogP contribution in [0.25, 0.3) is 27.6 Å². The summed E-state index contributed by atoms with van der Waals surface area (Å²) in [5, 5.41) is 6.13. The lowest BCUT2D eigenvalue weighted by molar-refractivity contribution is 0.142. The molecule has 0 saturated heterocycles. The number of fused-ring (bicyclic) bond motifs is 4. The quantitative estimate of drug-likeness (QED) is 0.222. The van der Waals surface area contributed by atoms with Crippen molar-refractivity contribution in [2.45, 2.75) is 36.0 Å². The Balaban J connectivity index is 1.29. The van der Waals surface area contributed by atoms with E-state index in [4.69, 9.17) is 9.92 Å². The van der Waals surface area contributed by atoms with Gasteiger partial charge in [-0.25, -0.2) is 10.0 Å². The van der Waals surface area contributed by atoms with E-state index in [1.807, 2.05) is 30.4 Å². The van der Waals surface area contributed by atoms with Gasteiger partial charge in [-0.1, -0.05) is 75.0 Å². The highest BCUT2D eigenvalue weighted by Crippen LogP contribution is 2.42. The Hall–Kier alpha value is -4.26. The van der Waals surface area contributed by atoms with E-state index in [1.165, 1.54) is 21.2 Å².